The van der Waals surface area contributed by atoms with E-state index in [-0.39, 0.29) is 5.91 Å². The van der Waals surface area contributed by atoms with Gasteiger partial charge < -0.3 is 9.47 Å². The molecule has 1 saturated heterocycles. The summed E-state index contributed by atoms with van der Waals surface area (Å²) in [6, 6.07) is 14.5. The normalized spacial score (nSPS) is 15.0. The van der Waals surface area contributed by atoms with Crippen LogP contribution in [0.4, 0.5) is 0 Å². The van der Waals surface area contributed by atoms with Crippen LogP contribution in [0.3, 0.4) is 0 Å². The Bertz CT molecular complexity index is 846. The number of hydrogen-bond donors (Lipinski definition) is 2. The number of benzene rings is 2. The lowest BCUT2D eigenvalue weighted by atomic mass is 10.1. The van der Waals surface area contributed by atoms with E-state index in [1.165, 1.54) is 24.8 Å². The largest absolute Gasteiger partial charge is 0.494 e. The molecule has 0 aromatic heterocycles. The molecule has 0 bridgehead atoms. The molecule has 2 aromatic carbocycles. The highest BCUT2D eigenvalue weighted by Crippen LogP contribution is 2.18. The molecule has 1 heterocycles. The quantitative estimate of drug-likeness (QED) is 0.635. The van der Waals surface area contributed by atoms with Gasteiger partial charge >= 0.3 is 0 Å². The molecule has 0 saturated carbocycles. The lowest BCUT2D eigenvalue weighted by Gasteiger charge is -2.26. The molecule has 7 heteroatoms. The van der Waals surface area contributed by atoms with Gasteiger partial charge in [0.2, 0.25) is 0 Å². The van der Waals surface area contributed by atoms with Crippen molar-refractivity contribution in [3.63, 3.8) is 0 Å². The number of rotatable bonds is 8. The van der Waals surface area contributed by atoms with Crippen LogP contribution < -0.4 is 20.3 Å². The van der Waals surface area contributed by atoms with E-state index in [9.17, 15) is 9.59 Å². The summed E-state index contributed by atoms with van der Waals surface area (Å²) in [7, 11) is 0. The SMILES string of the molecule is CCOc1ccc(OC(C)C(=O)NNC(=O)c2ccc(CN3CCCCC3)cc2)cc1. The van der Waals surface area contributed by atoms with E-state index in [0.29, 0.717) is 17.9 Å². The van der Waals surface area contributed by atoms with Crippen molar-refractivity contribution in [2.75, 3.05) is 19.7 Å². The van der Waals surface area contributed by atoms with E-state index >= 15 is 0 Å². The van der Waals surface area contributed by atoms with E-state index < -0.39 is 12.0 Å². The smallest absolute Gasteiger partial charge is 0.279 e. The first-order valence-corrected chi connectivity index (χ1v) is 10.9. The summed E-state index contributed by atoms with van der Waals surface area (Å²) >= 11 is 0. The second kappa shape index (κ2) is 11.4. The molecule has 31 heavy (non-hydrogen) atoms. The minimum atomic E-state index is -0.773. The van der Waals surface area contributed by atoms with Crippen molar-refractivity contribution < 1.29 is 19.1 Å². The maximum Gasteiger partial charge on any atom is 0.279 e. The average molecular weight is 426 g/mol. The molecular weight excluding hydrogens is 394 g/mol. The fourth-order valence-corrected chi connectivity index (χ4v) is 3.47. The van der Waals surface area contributed by atoms with E-state index in [1.807, 2.05) is 19.1 Å². The van der Waals surface area contributed by atoms with Crippen LogP contribution in [0.25, 0.3) is 0 Å². The maximum atomic E-state index is 12.3. The Balaban J connectivity index is 1.43. The van der Waals surface area contributed by atoms with Gasteiger partial charge in [0.15, 0.2) is 6.10 Å². The zero-order valence-electron chi connectivity index (χ0n) is 18.2. The van der Waals surface area contributed by atoms with E-state index in [4.69, 9.17) is 9.47 Å². The number of nitrogens with zero attached hydrogens (tertiary/aromatic N) is 1. The van der Waals surface area contributed by atoms with Gasteiger partial charge in [-0.15, -0.1) is 0 Å². The van der Waals surface area contributed by atoms with Crippen molar-refractivity contribution in [1.82, 2.24) is 15.8 Å². The van der Waals surface area contributed by atoms with Crippen LogP contribution in [0.15, 0.2) is 48.5 Å². The van der Waals surface area contributed by atoms with Gasteiger partial charge in [-0.3, -0.25) is 25.3 Å². The van der Waals surface area contributed by atoms with Crippen molar-refractivity contribution in [2.24, 2.45) is 0 Å². The third-order valence-corrected chi connectivity index (χ3v) is 5.19. The van der Waals surface area contributed by atoms with Gasteiger partial charge in [-0.05, 0) is 81.7 Å². The molecule has 1 aliphatic rings. The molecule has 1 fully saturated rings. The predicted molar refractivity (Wildman–Crippen MR) is 119 cm³/mol. The molecule has 0 radical (unpaired) electrons. The summed E-state index contributed by atoms with van der Waals surface area (Å²) < 4.78 is 11.0. The standard InChI is InChI=1S/C24H31N3O4/c1-3-30-21-11-13-22(14-12-21)31-18(2)23(28)25-26-24(29)20-9-7-19(8-10-20)17-27-15-5-4-6-16-27/h7-14,18H,3-6,15-17H2,1-2H3,(H,25,28)(H,26,29). The Morgan fingerprint density at radius 2 is 1.58 bits per heavy atom. The second-order valence-electron chi connectivity index (χ2n) is 7.64. The van der Waals surface area contributed by atoms with Gasteiger partial charge in [0, 0.05) is 12.1 Å². The summed E-state index contributed by atoms with van der Waals surface area (Å²) in [4.78, 5) is 27.0. The first-order chi connectivity index (χ1) is 15.0. The molecule has 1 atom stereocenters. The molecule has 2 aromatic rings. The molecule has 2 amide bonds. The Hall–Kier alpha value is -3.06. The fraction of sp³-hybridized carbons (Fsp3) is 0.417. The summed E-state index contributed by atoms with van der Waals surface area (Å²) in [6.07, 6.45) is 3.04. The van der Waals surface area contributed by atoms with Crippen LogP contribution in [0.1, 0.15) is 49.0 Å². The first-order valence-electron chi connectivity index (χ1n) is 10.9. The molecule has 166 valence electrons. The third kappa shape index (κ3) is 7.00. The second-order valence-corrected chi connectivity index (χ2v) is 7.64. The third-order valence-electron chi connectivity index (χ3n) is 5.19. The molecule has 3 rings (SSSR count). The number of carbonyl (C=O) groups is 2. The van der Waals surface area contributed by atoms with Crippen LogP contribution >= 0.6 is 0 Å². The van der Waals surface area contributed by atoms with Gasteiger partial charge in [-0.2, -0.15) is 0 Å². The topological polar surface area (TPSA) is 79.9 Å². The van der Waals surface area contributed by atoms with Crippen molar-refractivity contribution in [1.29, 1.82) is 0 Å². The summed E-state index contributed by atoms with van der Waals surface area (Å²) in [5, 5.41) is 0. The number of ether oxygens (including phenoxy) is 2. The van der Waals surface area contributed by atoms with Crippen molar-refractivity contribution in [2.45, 2.75) is 45.8 Å². The molecule has 2 N–H and O–H groups in total. The van der Waals surface area contributed by atoms with Gasteiger partial charge in [0.25, 0.3) is 11.8 Å². The highest BCUT2D eigenvalue weighted by molar-refractivity contribution is 5.95. The van der Waals surface area contributed by atoms with Gasteiger partial charge in [0.1, 0.15) is 11.5 Å². The van der Waals surface area contributed by atoms with Crippen molar-refractivity contribution in [3.05, 3.63) is 59.7 Å². The van der Waals surface area contributed by atoms with Crippen molar-refractivity contribution in [3.8, 4) is 11.5 Å². The Kier molecular flexibility index (Phi) is 8.29. The van der Waals surface area contributed by atoms with E-state index in [1.54, 1.807) is 43.3 Å². The zero-order valence-corrected chi connectivity index (χ0v) is 18.2. The molecule has 1 unspecified atom stereocenters. The molecule has 0 spiro atoms. The average Bonchev–Trinajstić information content (AvgIpc) is 2.80. The van der Waals surface area contributed by atoms with Crippen molar-refractivity contribution >= 4 is 11.8 Å². The highest BCUT2D eigenvalue weighted by Gasteiger charge is 2.16. The molecule has 7 nitrogen and oxygen atoms in total. The van der Waals surface area contributed by atoms with Gasteiger partial charge in [-0.25, -0.2) is 0 Å². The Morgan fingerprint density at radius 3 is 2.23 bits per heavy atom. The summed E-state index contributed by atoms with van der Waals surface area (Å²) in [6.45, 7) is 7.28. The summed E-state index contributed by atoms with van der Waals surface area (Å²) in [5.41, 5.74) is 6.53. The number of hydrogen-bond acceptors (Lipinski definition) is 5. The minimum Gasteiger partial charge on any atom is -0.494 e. The number of carbonyl (C=O) groups excluding carboxylic acids is 2. The predicted octanol–water partition coefficient (Wildman–Crippen LogP) is 3.30. The number of amides is 2. The fourth-order valence-electron chi connectivity index (χ4n) is 3.47. The lowest BCUT2D eigenvalue weighted by molar-refractivity contribution is -0.128. The van der Waals surface area contributed by atoms with Gasteiger partial charge in [-0.1, -0.05) is 18.6 Å². The first kappa shape index (κ1) is 22.6. The number of piperidine rings is 1. The van der Waals surface area contributed by atoms with Crippen LogP contribution in [-0.2, 0) is 11.3 Å². The van der Waals surface area contributed by atoms with Crippen LogP contribution in [0, 0.1) is 0 Å². The van der Waals surface area contributed by atoms with Gasteiger partial charge in [0.05, 0.1) is 6.61 Å². The Labute approximate surface area is 183 Å². The number of nitrogens with one attached hydrogen (secondary N) is 2. The van der Waals surface area contributed by atoms with Crippen LogP contribution in [0.5, 0.6) is 11.5 Å². The van der Waals surface area contributed by atoms with Crippen LogP contribution in [0.2, 0.25) is 0 Å². The maximum absolute atomic E-state index is 12.3. The molecule has 1 aliphatic heterocycles. The molecule has 0 aliphatic carbocycles. The van der Waals surface area contributed by atoms with E-state index in [2.05, 4.69) is 15.8 Å². The summed E-state index contributed by atoms with van der Waals surface area (Å²) in [5.74, 6) is 0.470. The lowest BCUT2D eigenvalue weighted by Crippen LogP contribution is -2.47. The zero-order chi connectivity index (χ0) is 22.1. The number of hydrazine groups is 1. The minimum absolute atomic E-state index is 0.369. The molecular formula is C24H31N3O4. The number of likely N-dealkylation sites (tertiary alicyclic amines) is 1. The van der Waals surface area contributed by atoms with Crippen LogP contribution in [-0.4, -0.2) is 42.5 Å². The van der Waals surface area contributed by atoms with E-state index in [0.717, 1.165) is 25.4 Å². The monoisotopic (exact) mass is 425 g/mol. The highest BCUT2D eigenvalue weighted by atomic mass is 16.5. The Morgan fingerprint density at radius 1 is 0.935 bits per heavy atom.